The molecule has 0 unspecified atom stereocenters. The second-order valence-corrected chi connectivity index (χ2v) is 9.92. The van der Waals surface area contributed by atoms with Crippen molar-refractivity contribution in [3.63, 3.8) is 0 Å². The number of nitrogens with zero attached hydrogens (tertiary/aromatic N) is 1. The summed E-state index contributed by atoms with van der Waals surface area (Å²) >= 11 is 0. The second kappa shape index (κ2) is 18.5. The Morgan fingerprint density at radius 3 is 1.53 bits per heavy atom. The fourth-order valence-corrected chi connectivity index (χ4v) is 4.72. The van der Waals surface area contributed by atoms with Crippen LogP contribution in [0.25, 0.3) is 0 Å². The summed E-state index contributed by atoms with van der Waals surface area (Å²) in [6, 6.07) is 4.23. The Bertz CT molecular complexity index is 537. The van der Waals surface area contributed by atoms with E-state index < -0.39 is 0 Å². The Kier molecular flexibility index (Phi) is 15.8. The maximum absolute atomic E-state index is 6.00. The summed E-state index contributed by atoms with van der Waals surface area (Å²) < 4.78 is 14.2. The van der Waals surface area contributed by atoms with Gasteiger partial charge in [-0.2, -0.15) is 0 Å². The number of hydrogen-bond acceptors (Lipinski definition) is 2. The highest BCUT2D eigenvalue weighted by atomic mass is 16.7. The summed E-state index contributed by atoms with van der Waals surface area (Å²) in [7, 11) is 0. The van der Waals surface area contributed by atoms with Gasteiger partial charge in [-0.1, -0.05) is 110 Å². The van der Waals surface area contributed by atoms with Gasteiger partial charge in [-0.15, -0.1) is 0 Å². The van der Waals surface area contributed by atoms with Crippen LogP contribution in [0.3, 0.4) is 0 Å². The third-order valence-corrected chi connectivity index (χ3v) is 6.99. The van der Waals surface area contributed by atoms with Gasteiger partial charge in [0.15, 0.2) is 18.7 Å². The molecule has 0 atom stereocenters. The highest BCUT2D eigenvalue weighted by Gasteiger charge is 2.23. The number of rotatable bonds is 19. The van der Waals surface area contributed by atoms with Crippen LogP contribution >= 0.6 is 0 Å². The lowest BCUT2D eigenvalue weighted by atomic mass is 10.00. The minimum atomic E-state index is -0.177. The van der Waals surface area contributed by atoms with Gasteiger partial charge in [0, 0.05) is 23.6 Å². The van der Waals surface area contributed by atoms with E-state index in [-0.39, 0.29) is 6.29 Å². The largest absolute Gasteiger partial charge is 0.348 e. The van der Waals surface area contributed by atoms with E-state index in [9.17, 15) is 0 Å². The maximum atomic E-state index is 6.00. The summed E-state index contributed by atoms with van der Waals surface area (Å²) in [6.45, 7) is 7.12. The standard InChI is InChI=1S/C29H52NO2/c1-3-5-6-7-8-9-10-11-12-13-14-15-16-17-18-19-20-27-25-31-29(32-26-27)28-21-23-30(4-2)24-22-28/h21-24,27,29H,3-20,25-26H2,1-2H3/q+1. The van der Waals surface area contributed by atoms with Crippen LogP contribution in [0.2, 0.25) is 0 Å². The van der Waals surface area contributed by atoms with Crippen LogP contribution in [-0.2, 0) is 16.0 Å². The minimum absolute atomic E-state index is 0.177. The number of ether oxygens (including phenoxy) is 2. The number of aryl methyl sites for hydroxylation is 1. The molecule has 32 heavy (non-hydrogen) atoms. The van der Waals surface area contributed by atoms with E-state index in [2.05, 4.69) is 42.9 Å². The van der Waals surface area contributed by atoms with E-state index in [1.807, 2.05) is 0 Å². The predicted molar refractivity (Wildman–Crippen MR) is 135 cm³/mol. The molecule has 1 saturated heterocycles. The van der Waals surface area contributed by atoms with E-state index in [1.165, 1.54) is 109 Å². The molecule has 3 nitrogen and oxygen atoms in total. The van der Waals surface area contributed by atoms with Gasteiger partial charge in [-0.25, -0.2) is 4.57 Å². The molecular weight excluding hydrogens is 394 g/mol. The summed E-state index contributed by atoms with van der Waals surface area (Å²) in [5.74, 6) is 0.571. The second-order valence-electron chi connectivity index (χ2n) is 9.92. The molecule has 1 aliphatic rings. The molecule has 184 valence electrons. The van der Waals surface area contributed by atoms with Crippen molar-refractivity contribution in [2.45, 2.75) is 136 Å². The molecule has 0 radical (unpaired) electrons. The monoisotopic (exact) mass is 446 g/mol. The van der Waals surface area contributed by atoms with Crippen molar-refractivity contribution in [3.05, 3.63) is 30.1 Å². The van der Waals surface area contributed by atoms with Gasteiger partial charge in [0.2, 0.25) is 0 Å². The van der Waals surface area contributed by atoms with E-state index in [1.54, 1.807) is 0 Å². The third-order valence-electron chi connectivity index (χ3n) is 6.99. The van der Waals surface area contributed by atoms with Crippen molar-refractivity contribution in [3.8, 4) is 0 Å². The fourth-order valence-electron chi connectivity index (χ4n) is 4.72. The molecule has 0 N–H and O–H groups in total. The van der Waals surface area contributed by atoms with Crippen molar-refractivity contribution >= 4 is 0 Å². The zero-order valence-corrected chi connectivity index (χ0v) is 21.4. The molecule has 1 aliphatic heterocycles. The minimum Gasteiger partial charge on any atom is -0.348 e. The topological polar surface area (TPSA) is 22.3 Å². The Morgan fingerprint density at radius 2 is 1.09 bits per heavy atom. The lowest BCUT2D eigenvalue weighted by molar-refractivity contribution is -0.693. The lowest BCUT2D eigenvalue weighted by Crippen LogP contribution is -2.32. The average Bonchev–Trinajstić information content (AvgIpc) is 2.84. The van der Waals surface area contributed by atoms with Gasteiger partial charge in [-0.3, -0.25) is 0 Å². The molecule has 2 rings (SSSR count). The van der Waals surface area contributed by atoms with E-state index in [4.69, 9.17) is 9.47 Å². The van der Waals surface area contributed by atoms with Crippen LogP contribution in [0.5, 0.6) is 0 Å². The van der Waals surface area contributed by atoms with E-state index in [0.29, 0.717) is 5.92 Å². The van der Waals surface area contributed by atoms with Gasteiger partial charge in [-0.05, 0) is 13.3 Å². The Labute approximate surface area is 199 Å². The average molecular weight is 447 g/mol. The molecule has 1 aromatic heterocycles. The number of aromatic nitrogens is 1. The fraction of sp³-hybridized carbons (Fsp3) is 0.828. The SMILES string of the molecule is CCCCCCCCCCCCCCCCCCC1COC(c2cc[n+](CC)cc2)OC1. The van der Waals surface area contributed by atoms with Gasteiger partial charge >= 0.3 is 0 Å². The van der Waals surface area contributed by atoms with E-state index in [0.717, 1.165) is 25.3 Å². The molecular formula is C29H52NO2+. The van der Waals surface area contributed by atoms with Crippen LogP contribution in [0.4, 0.5) is 0 Å². The van der Waals surface area contributed by atoms with Crippen molar-refractivity contribution in [1.29, 1.82) is 0 Å². The number of unbranched alkanes of at least 4 members (excludes halogenated alkanes) is 15. The van der Waals surface area contributed by atoms with Gasteiger partial charge < -0.3 is 9.47 Å². The Hall–Kier alpha value is -0.930. The summed E-state index contributed by atoms with van der Waals surface area (Å²) in [4.78, 5) is 0. The molecule has 1 aromatic rings. The van der Waals surface area contributed by atoms with E-state index >= 15 is 0 Å². The molecule has 1 fully saturated rings. The highest BCUT2D eigenvalue weighted by Crippen LogP contribution is 2.27. The molecule has 0 amide bonds. The smallest absolute Gasteiger partial charge is 0.184 e. The number of pyridine rings is 1. The maximum Gasteiger partial charge on any atom is 0.184 e. The van der Waals surface area contributed by atoms with Gasteiger partial charge in [0.05, 0.1) is 13.2 Å². The summed E-state index contributed by atoms with van der Waals surface area (Å²) in [6.07, 6.45) is 28.1. The van der Waals surface area contributed by atoms with Crippen LogP contribution < -0.4 is 4.57 Å². The molecule has 0 saturated carbocycles. The Morgan fingerprint density at radius 1 is 0.656 bits per heavy atom. The highest BCUT2D eigenvalue weighted by molar-refractivity contribution is 5.09. The first-order valence-electron chi connectivity index (χ1n) is 14.1. The first-order valence-corrected chi connectivity index (χ1v) is 14.1. The van der Waals surface area contributed by atoms with Crippen molar-refractivity contribution in [1.82, 2.24) is 0 Å². The molecule has 3 heteroatoms. The van der Waals surface area contributed by atoms with Crippen LogP contribution in [-0.4, -0.2) is 13.2 Å². The number of hydrogen-bond donors (Lipinski definition) is 0. The van der Waals surface area contributed by atoms with Crippen LogP contribution in [0.1, 0.15) is 135 Å². The van der Waals surface area contributed by atoms with Gasteiger partial charge in [0.1, 0.15) is 6.54 Å². The first-order chi connectivity index (χ1) is 15.8. The molecule has 0 aromatic carbocycles. The third kappa shape index (κ3) is 12.3. The normalized spacial score (nSPS) is 18.8. The Balaban J connectivity index is 1.33. The van der Waals surface area contributed by atoms with Crippen LogP contribution in [0.15, 0.2) is 24.5 Å². The first kappa shape index (κ1) is 27.3. The van der Waals surface area contributed by atoms with Crippen molar-refractivity contribution in [2.75, 3.05) is 13.2 Å². The summed E-state index contributed by atoms with van der Waals surface area (Å²) in [5.41, 5.74) is 1.13. The molecule has 0 bridgehead atoms. The zero-order valence-electron chi connectivity index (χ0n) is 21.4. The van der Waals surface area contributed by atoms with Gasteiger partial charge in [0.25, 0.3) is 0 Å². The quantitative estimate of drug-likeness (QED) is 0.157. The molecule has 2 heterocycles. The molecule has 0 spiro atoms. The molecule has 0 aliphatic carbocycles. The van der Waals surface area contributed by atoms with Crippen molar-refractivity contribution < 1.29 is 14.0 Å². The zero-order chi connectivity index (χ0) is 22.7. The summed E-state index contributed by atoms with van der Waals surface area (Å²) in [5, 5.41) is 0. The van der Waals surface area contributed by atoms with Crippen LogP contribution in [0, 0.1) is 5.92 Å². The van der Waals surface area contributed by atoms with Crippen molar-refractivity contribution in [2.24, 2.45) is 5.92 Å². The lowest BCUT2D eigenvalue weighted by Gasteiger charge is -2.29. The predicted octanol–water partition coefficient (Wildman–Crippen LogP) is 8.31.